The van der Waals surface area contributed by atoms with Crippen LogP contribution in [0.2, 0.25) is 0 Å². The summed E-state index contributed by atoms with van der Waals surface area (Å²) in [5, 5.41) is 0. The fourth-order valence-electron chi connectivity index (χ4n) is 2.76. The Hall–Kier alpha value is -1.23. The number of carbonyl (C=O) groups is 2. The van der Waals surface area contributed by atoms with Gasteiger partial charge in [0.15, 0.2) is 0 Å². The molecule has 128 valence electrons. The Labute approximate surface area is 142 Å². The number of rotatable bonds is 8. The van der Waals surface area contributed by atoms with Crippen molar-refractivity contribution in [1.82, 2.24) is 0 Å². The highest BCUT2D eigenvalue weighted by atomic mass is 32.2. The molecule has 2 unspecified atom stereocenters. The normalized spacial score (nSPS) is 23.5. The Balaban J connectivity index is 1.44. The van der Waals surface area contributed by atoms with Gasteiger partial charge in [-0.15, -0.1) is 0 Å². The fourth-order valence-corrected chi connectivity index (χ4v) is 3.36. The maximum atomic E-state index is 11.8. The molecule has 0 spiro atoms. The number of carbonyl (C=O) groups excluding carboxylic acids is 2. The van der Waals surface area contributed by atoms with Crippen LogP contribution in [0.15, 0.2) is 24.3 Å². The van der Waals surface area contributed by atoms with Gasteiger partial charge in [0.2, 0.25) is 0 Å². The largest absolute Gasteiger partial charge is 0.465 e. The zero-order chi connectivity index (χ0) is 16.3. The second-order valence-electron chi connectivity index (χ2n) is 5.91. The number of thioether (sulfide) groups is 1. The van der Waals surface area contributed by atoms with Crippen molar-refractivity contribution in [3.63, 3.8) is 0 Å². The molecule has 0 bridgehead atoms. The van der Waals surface area contributed by atoms with E-state index in [1.54, 1.807) is 11.8 Å². The van der Waals surface area contributed by atoms with E-state index in [1.165, 1.54) is 0 Å². The van der Waals surface area contributed by atoms with Crippen LogP contribution in [0, 0.1) is 11.8 Å². The average Bonchev–Trinajstić information content (AvgIpc) is 2.62. The fraction of sp³-hybridized carbons (Fsp3) is 0.667. The zero-order valence-corrected chi connectivity index (χ0v) is 14.4. The molecule has 0 aromatic rings. The Bertz CT molecular complexity index is 404. The van der Waals surface area contributed by atoms with E-state index in [0.717, 1.165) is 50.0 Å². The standard InChI is InChI=1S/C18H26O4S/c19-17(15-7-3-1-4-8-15)21-11-13-23-14-12-22-18(20)16-9-5-2-6-10-16/h1-3,5,15-16H,4,6-14H2. The molecule has 0 saturated heterocycles. The third-order valence-electron chi connectivity index (χ3n) is 4.15. The minimum absolute atomic E-state index is 0.0375. The van der Waals surface area contributed by atoms with Crippen molar-refractivity contribution >= 4 is 23.7 Å². The molecule has 0 aliphatic heterocycles. The first-order chi connectivity index (χ1) is 11.3. The Morgan fingerprint density at radius 3 is 1.70 bits per heavy atom. The molecule has 0 fully saturated rings. The van der Waals surface area contributed by atoms with Gasteiger partial charge < -0.3 is 9.47 Å². The Morgan fingerprint density at radius 2 is 1.30 bits per heavy atom. The van der Waals surface area contributed by atoms with E-state index >= 15 is 0 Å². The first-order valence-corrected chi connectivity index (χ1v) is 9.64. The maximum absolute atomic E-state index is 11.8. The van der Waals surface area contributed by atoms with Gasteiger partial charge in [-0.25, -0.2) is 0 Å². The predicted molar refractivity (Wildman–Crippen MR) is 92.2 cm³/mol. The van der Waals surface area contributed by atoms with Gasteiger partial charge in [0.25, 0.3) is 0 Å². The molecule has 4 nitrogen and oxygen atoms in total. The van der Waals surface area contributed by atoms with Crippen molar-refractivity contribution in [2.75, 3.05) is 24.7 Å². The van der Waals surface area contributed by atoms with Crippen molar-refractivity contribution in [3.8, 4) is 0 Å². The van der Waals surface area contributed by atoms with Crippen molar-refractivity contribution in [2.24, 2.45) is 11.8 Å². The van der Waals surface area contributed by atoms with Crippen molar-refractivity contribution < 1.29 is 19.1 Å². The van der Waals surface area contributed by atoms with E-state index in [0.29, 0.717) is 13.2 Å². The van der Waals surface area contributed by atoms with Crippen LogP contribution in [-0.4, -0.2) is 36.7 Å². The lowest BCUT2D eigenvalue weighted by atomic mass is 9.95. The van der Waals surface area contributed by atoms with Gasteiger partial charge >= 0.3 is 11.9 Å². The summed E-state index contributed by atoms with van der Waals surface area (Å²) in [4.78, 5) is 23.6. The van der Waals surface area contributed by atoms with Crippen LogP contribution in [0.1, 0.15) is 38.5 Å². The van der Waals surface area contributed by atoms with Gasteiger partial charge in [-0.3, -0.25) is 9.59 Å². The topological polar surface area (TPSA) is 52.6 Å². The molecule has 5 heteroatoms. The first kappa shape index (κ1) is 18.1. The first-order valence-electron chi connectivity index (χ1n) is 8.48. The smallest absolute Gasteiger partial charge is 0.309 e. The highest BCUT2D eigenvalue weighted by molar-refractivity contribution is 7.99. The van der Waals surface area contributed by atoms with Crippen LogP contribution in [0.4, 0.5) is 0 Å². The number of hydrogen-bond acceptors (Lipinski definition) is 5. The van der Waals surface area contributed by atoms with Crippen LogP contribution in [0.3, 0.4) is 0 Å². The van der Waals surface area contributed by atoms with Gasteiger partial charge in [0.1, 0.15) is 13.2 Å². The molecule has 0 N–H and O–H groups in total. The highest BCUT2D eigenvalue weighted by Crippen LogP contribution is 2.20. The Kier molecular flexibility index (Phi) is 8.29. The van der Waals surface area contributed by atoms with Crippen LogP contribution in [0.5, 0.6) is 0 Å². The van der Waals surface area contributed by atoms with Crippen LogP contribution in [-0.2, 0) is 19.1 Å². The third-order valence-corrected chi connectivity index (χ3v) is 5.06. The average molecular weight is 338 g/mol. The summed E-state index contributed by atoms with van der Waals surface area (Å²) < 4.78 is 10.6. The Morgan fingerprint density at radius 1 is 0.826 bits per heavy atom. The summed E-state index contributed by atoms with van der Waals surface area (Å²) in [5.74, 6) is 1.42. The summed E-state index contributed by atoms with van der Waals surface area (Å²) >= 11 is 1.65. The summed E-state index contributed by atoms with van der Waals surface area (Å²) in [5.41, 5.74) is 0. The van der Waals surface area contributed by atoms with E-state index in [4.69, 9.17) is 9.47 Å². The molecule has 2 aliphatic carbocycles. The monoisotopic (exact) mass is 338 g/mol. The lowest BCUT2D eigenvalue weighted by Gasteiger charge is -2.17. The SMILES string of the molecule is O=C(OCCSCCOC(=O)C1CC=CCC1)C1CC=CCC1. The lowest BCUT2D eigenvalue weighted by Crippen LogP contribution is -2.20. The van der Waals surface area contributed by atoms with Crippen LogP contribution >= 0.6 is 11.8 Å². The molecule has 0 radical (unpaired) electrons. The maximum Gasteiger partial charge on any atom is 0.309 e. The molecule has 2 aliphatic rings. The van der Waals surface area contributed by atoms with Gasteiger partial charge in [0.05, 0.1) is 11.8 Å². The molecule has 0 amide bonds. The summed E-state index contributed by atoms with van der Waals surface area (Å²) in [6, 6.07) is 0. The molecule has 23 heavy (non-hydrogen) atoms. The van der Waals surface area contributed by atoms with Crippen molar-refractivity contribution in [3.05, 3.63) is 24.3 Å². The van der Waals surface area contributed by atoms with E-state index in [2.05, 4.69) is 24.3 Å². The van der Waals surface area contributed by atoms with Crippen LogP contribution < -0.4 is 0 Å². The van der Waals surface area contributed by atoms with E-state index in [-0.39, 0.29) is 23.8 Å². The highest BCUT2D eigenvalue weighted by Gasteiger charge is 2.20. The minimum atomic E-state index is -0.0771. The molecule has 0 aromatic carbocycles. The zero-order valence-electron chi connectivity index (χ0n) is 13.6. The van der Waals surface area contributed by atoms with E-state index in [9.17, 15) is 9.59 Å². The predicted octanol–water partition coefficient (Wildman–Crippen LogP) is 3.52. The second-order valence-corrected chi connectivity index (χ2v) is 7.13. The van der Waals surface area contributed by atoms with Gasteiger partial charge in [-0.2, -0.15) is 11.8 Å². The number of esters is 2. The van der Waals surface area contributed by atoms with Gasteiger partial charge in [-0.1, -0.05) is 24.3 Å². The number of allylic oxidation sites excluding steroid dienone is 4. The molecule has 2 atom stereocenters. The van der Waals surface area contributed by atoms with Gasteiger partial charge in [-0.05, 0) is 38.5 Å². The van der Waals surface area contributed by atoms with Crippen LogP contribution in [0.25, 0.3) is 0 Å². The summed E-state index contributed by atoms with van der Waals surface area (Å²) in [6.07, 6.45) is 13.7. The molecule has 0 aromatic heterocycles. The number of ether oxygens (including phenoxy) is 2. The molecule has 0 saturated carbocycles. The van der Waals surface area contributed by atoms with Crippen molar-refractivity contribution in [1.29, 1.82) is 0 Å². The minimum Gasteiger partial charge on any atom is -0.465 e. The van der Waals surface area contributed by atoms with Gasteiger partial charge in [0, 0.05) is 11.5 Å². The molecule has 0 heterocycles. The summed E-state index contributed by atoms with van der Waals surface area (Å²) in [7, 11) is 0. The van der Waals surface area contributed by atoms with E-state index < -0.39 is 0 Å². The summed E-state index contributed by atoms with van der Waals surface area (Å²) in [6.45, 7) is 0.871. The quantitative estimate of drug-likeness (QED) is 0.385. The molecular formula is C18H26O4S. The molecule has 2 rings (SSSR count). The third kappa shape index (κ3) is 6.81. The second kappa shape index (κ2) is 10.5. The van der Waals surface area contributed by atoms with E-state index in [1.807, 2.05) is 0 Å². The number of hydrogen-bond donors (Lipinski definition) is 0. The molecular weight excluding hydrogens is 312 g/mol. The lowest BCUT2D eigenvalue weighted by molar-refractivity contribution is -0.148. The van der Waals surface area contributed by atoms with Crippen molar-refractivity contribution in [2.45, 2.75) is 38.5 Å².